The molecule has 0 aliphatic heterocycles. The van der Waals surface area contributed by atoms with Crippen molar-refractivity contribution in [3.05, 3.63) is 91.0 Å². The Morgan fingerprint density at radius 1 is 0.929 bits per heavy atom. The summed E-state index contributed by atoms with van der Waals surface area (Å²) < 4.78 is 1.86. The number of carbonyl (C=O) groups is 1. The van der Waals surface area contributed by atoms with E-state index in [1.807, 2.05) is 77.5 Å². The number of fused-ring (bicyclic) bond motifs is 2. The van der Waals surface area contributed by atoms with E-state index in [9.17, 15) is 4.79 Å². The van der Waals surface area contributed by atoms with Gasteiger partial charge in [0.2, 0.25) is 5.78 Å². The minimum atomic E-state index is -0.250. The van der Waals surface area contributed by atoms with Gasteiger partial charge in [0.05, 0.1) is 11.2 Å². The SMILES string of the molecule is O=C(Nc1cccc(-c2cn3cccnc3n2)c1)c1ccc2ccccc2n1. The smallest absolute Gasteiger partial charge is 0.274 e. The fraction of sp³-hybridized carbons (Fsp3) is 0. The summed E-state index contributed by atoms with van der Waals surface area (Å²) in [6.07, 6.45) is 5.52. The van der Waals surface area contributed by atoms with Crippen LogP contribution in [0.25, 0.3) is 27.9 Å². The number of hydrogen-bond acceptors (Lipinski definition) is 4. The van der Waals surface area contributed by atoms with Crippen LogP contribution in [-0.4, -0.2) is 25.3 Å². The Morgan fingerprint density at radius 2 is 1.86 bits per heavy atom. The summed E-state index contributed by atoms with van der Waals surface area (Å²) in [4.78, 5) is 25.8. The van der Waals surface area contributed by atoms with Crippen LogP contribution >= 0.6 is 0 Å². The number of rotatable bonds is 3. The lowest BCUT2D eigenvalue weighted by Gasteiger charge is -2.07. The zero-order valence-electron chi connectivity index (χ0n) is 14.8. The third kappa shape index (κ3) is 2.97. The first-order chi connectivity index (χ1) is 13.8. The first-order valence-electron chi connectivity index (χ1n) is 8.84. The lowest BCUT2D eigenvalue weighted by atomic mass is 10.1. The number of nitrogens with one attached hydrogen (secondary N) is 1. The van der Waals surface area contributed by atoms with Crippen LogP contribution in [0.15, 0.2) is 85.3 Å². The number of pyridine rings is 1. The molecule has 0 atom stereocenters. The minimum Gasteiger partial charge on any atom is -0.321 e. The van der Waals surface area contributed by atoms with Crippen molar-refractivity contribution in [2.75, 3.05) is 5.32 Å². The number of benzene rings is 2. The second-order valence-electron chi connectivity index (χ2n) is 6.38. The van der Waals surface area contributed by atoms with Gasteiger partial charge in [-0.3, -0.25) is 9.20 Å². The first kappa shape index (κ1) is 16.1. The Labute approximate surface area is 160 Å². The van der Waals surface area contributed by atoms with Gasteiger partial charge in [-0.2, -0.15) is 0 Å². The summed E-state index contributed by atoms with van der Waals surface area (Å²) in [5.74, 6) is 0.381. The molecule has 0 saturated carbocycles. The van der Waals surface area contributed by atoms with Gasteiger partial charge >= 0.3 is 0 Å². The molecule has 134 valence electrons. The number of para-hydroxylation sites is 1. The maximum absolute atomic E-state index is 12.6. The summed E-state index contributed by atoms with van der Waals surface area (Å²) in [5, 5.41) is 3.92. The van der Waals surface area contributed by atoms with E-state index in [1.54, 1.807) is 12.3 Å². The fourth-order valence-electron chi connectivity index (χ4n) is 3.11. The molecule has 0 radical (unpaired) electrons. The second kappa shape index (κ2) is 6.59. The highest BCUT2D eigenvalue weighted by Gasteiger charge is 2.10. The number of hydrogen-bond donors (Lipinski definition) is 1. The number of carbonyl (C=O) groups excluding carboxylic acids is 1. The Balaban J connectivity index is 1.43. The van der Waals surface area contributed by atoms with Crippen molar-refractivity contribution >= 4 is 28.3 Å². The van der Waals surface area contributed by atoms with E-state index in [-0.39, 0.29) is 5.91 Å². The highest BCUT2D eigenvalue weighted by Crippen LogP contribution is 2.22. The molecule has 0 saturated heterocycles. The summed E-state index contributed by atoms with van der Waals surface area (Å²) in [6, 6.07) is 20.8. The van der Waals surface area contributed by atoms with Gasteiger partial charge in [-0.25, -0.2) is 15.0 Å². The summed E-state index contributed by atoms with van der Waals surface area (Å²) >= 11 is 0. The molecule has 3 aromatic heterocycles. The van der Waals surface area contributed by atoms with Crippen molar-refractivity contribution in [1.82, 2.24) is 19.4 Å². The largest absolute Gasteiger partial charge is 0.321 e. The molecule has 2 aromatic carbocycles. The van der Waals surface area contributed by atoms with E-state index in [2.05, 4.69) is 20.3 Å². The second-order valence-corrected chi connectivity index (χ2v) is 6.38. The lowest BCUT2D eigenvalue weighted by Crippen LogP contribution is -2.13. The molecular weight excluding hydrogens is 350 g/mol. The van der Waals surface area contributed by atoms with E-state index in [1.165, 1.54) is 0 Å². The van der Waals surface area contributed by atoms with E-state index < -0.39 is 0 Å². The highest BCUT2D eigenvalue weighted by molar-refractivity contribution is 6.04. The van der Waals surface area contributed by atoms with Crippen LogP contribution in [0.2, 0.25) is 0 Å². The van der Waals surface area contributed by atoms with Crippen LogP contribution in [0.5, 0.6) is 0 Å². The van der Waals surface area contributed by atoms with E-state index in [0.717, 1.165) is 22.2 Å². The minimum absolute atomic E-state index is 0.250. The average Bonchev–Trinajstić information content (AvgIpc) is 3.18. The van der Waals surface area contributed by atoms with E-state index >= 15 is 0 Å². The number of anilines is 1. The topological polar surface area (TPSA) is 72.2 Å². The highest BCUT2D eigenvalue weighted by atomic mass is 16.1. The number of nitrogens with zero attached hydrogens (tertiary/aromatic N) is 4. The van der Waals surface area contributed by atoms with Crippen molar-refractivity contribution in [2.24, 2.45) is 0 Å². The van der Waals surface area contributed by atoms with Crippen LogP contribution in [0.1, 0.15) is 10.5 Å². The Hall–Kier alpha value is -4.06. The zero-order chi connectivity index (χ0) is 18.9. The number of amides is 1. The molecule has 6 nitrogen and oxygen atoms in total. The molecule has 0 unspecified atom stereocenters. The van der Waals surface area contributed by atoms with Gasteiger partial charge in [0, 0.05) is 35.2 Å². The van der Waals surface area contributed by atoms with Crippen molar-refractivity contribution in [3.63, 3.8) is 0 Å². The number of aromatic nitrogens is 4. The predicted molar refractivity (Wildman–Crippen MR) is 108 cm³/mol. The molecule has 1 amide bonds. The Kier molecular flexibility index (Phi) is 3.80. The van der Waals surface area contributed by atoms with Crippen LogP contribution in [0.4, 0.5) is 5.69 Å². The third-order valence-electron chi connectivity index (χ3n) is 4.48. The summed E-state index contributed by atoms with van der Waals surface area (Å²) in [7, 11) is 0. The van der Waals surface area contributed by atoms with Crippen LogP contribution < -0.4 is 5.32 Å². The Morgan fingerprint density at radius 3 is 2.79 bits per heavy atom. The fourth-order valence-corrected chi connectivity index (χ4v) is 3.11. The molecule has 0 aliphatic rings. The normalized spacial score (nSPS) is 11.0. The molecule has 3 heterocycles. The molecule has 5 aromatic rings. The monoisotopic (exact) mass is 365 g/mol. The summed E-state index contributed by atoms with van der Waals surface area (Å²) in [6.45, 7) is 0. The standard InChI is InChI=1S/C22H15N5O/c28-21(19-10-9-15-5-1-2-8-18(15)25-19)24-17-7-3-6-16(13-17)20-14-27-12-4-11-23-22(27)26-20/h1-14H,(H,24,28). The van der Waals surface area contributed by atoms with Crippen LogP contribution in [-0.2, 0) is 0 Å². The molecular formula is C22H15N5O. The molecule has 6 heteroatoms. The average molecular weight is 365 g/mol. The molecule has 0 spiro atoms. The van der Waals surface area contributed by atoms with Gasteiger partial charge in [-0.15, -0.1) is 0 Å². The van der Waals surface area contributed by atoms with Gasteiger partial charge in [0.1, 0.15) is 5.69 Å². The van der Waals surface area contributed by atoms with Gasteiger partial charge in [0.25, 0.3) is 5.91 Å². The third-order valence-corrected chi connectivity index (χ3v) is 4.48. The quantitative estimate of drug-likeness (QED) is 0.520. The van der Waals surface area contributed by atoms with Crippen LogP contribution in [0.3, 0.4) is 0 Å². The molecule has 28 heavy (non-hydrogen) atoms. The molecule has 0 bridgehead atoms. The molecule has 0 fully saturated rings. The van der Waals surface area contributed by atoms with Crippen molar-refractivity contribution in [3.8, 4) is 11.3 Å². The molecule has 5 rings (SSSR count). The van der Waals surface area contributed by atoms with E-state index in [0.29, 0.717) is 17.2 Å². The predicted octanol–water partition coefficient (Wildman–Crippen LogP) is 4.20. The van der Waals surface area contributed by atoms with Crippen molar-refractivity contribution in [2.45, 2.75) is 0 Å². The van der Waals surface area contributed by atoms with E-state index in [4.69, 9.17) is 0 Å². The molecule has 0 aliphatic carbocycles. The summed E-state index contributed by atoms with van der Waals surface area (Å²) in [5.41, 5.74) is 3.54. The van der Waals surface area contributed by atoms with Crippen molar-refractivity contribution in [1.29, 1.82) is 0 Å². The maximum atomic E-state index is 12.6. The van der Waals surface area contributed by atoms with Gasteiger partial charge in [-0.1, -0.05) is 36.4 Å². The van der Waals surface area contributed by atoms with Crippen LogP contribution in [0, 0.1) is 0 Å². The van der Waals surface area contributed by atoms with Gasteiger partial charge in [0.15, 0.2) is 0 Å². The lowest BCUT2D eigenvalue weighted by molar-refractivity contribution is 0.102. The number of imidazole rings is 1. The maximum Gasteiger partial charge on any atom is 0.274 e. The first-order valence-corrected chi connectivity index (χ1v) is 8.84. The zero-order valence-corrected chi connectivity index (χ0v) is 14.8. The Bertz CT molecular complexity index is 1290. The molecule has 1 N–H and O–H groups in total. The van der Waals surface area contributed by atoms with Gasteiger partial charge < -0.3 is 5.32 Å². The van der Waals surface area contributed by atoms with Crippen molar-refractivity contribution < 1.29 is 4.79 Å². The van der Waals surface area contributed by atoms with Gasteiger partial charge in [-0.05, 0) is 30.3 Å².